The van der Waals surface area contributed by atoms with E-state index in [-0.39, 0.29) is 24.4 Å². The van der Waals surface area contributed by atoms with Crippen LogP contribution >= 0.6 is 12.4 Å². The maximum Gasteiger partial charge on any atom is 0.241 e. The molecule has 0 aliphatic carbocycles. The number of fused-ring (bicyclic) bond motifs is 1. The maximum atomic E-state index is 13.1. The number of aryl methyl sites for hydroxylation is 1. The molecule has 7 heteroatoms. The number of amides is 1. The van der Waals surface area contributed by atoms with Crippen LogP contribution in [0.25, 0.3) is 0 Å². The van der Waals surface area contributed by atoms with Crippen molar-refractivity contribution in [1.29, 1.82) is 0 Å². The van der Waals surface area contributed by atoms with Crippen LogP contribution in [0, 0.1) is 5.92 Å². The monoisotopic (exact) mass is 407 g/mol. The second-order valence-corrected chi connectivity index (χ2v) is 8.14. The van der Waals surface area contributed by atoms with Gasteiger partial charge in [0.2, 0.25) is 5.91 Å². The van der Waals surface area contributed by atoms with Gasteiger partial charge in [0.25, 0.3) is 0 Å². The van der Waals surface area contributed by atoms with E-state index in [1.54, 1.807) is 0 Å². The van der Waals surface area contributed by atoms with E-state index in [0.717, 1.165) is 65.1 Å². The van der Waals surface area contributed by atoms with Gasteiger partial charge in [-0.25, -0.2) is 5.43 Å². The lowest BCUT2D eigenvalue weighted by Crippen LogP contribution is -2.51. The zero-order valence-electron chi connectivity index (χ0n) is 16.6. The van der Waals surface area contributed by atoms with Crippen LogP contribution in [0.2, 0.25) is 0 Å². The summed E-state index contributed by atoms with van der Waals surface area (Å²) in [7, 11) is 0. The molecule has 0 saturated carbocycles. The number of halogens is 1. The summed E-state index contributed by atoms with van der Waals surface area (Å²) in [5.41, 5.74) is 8.05. The topological polar surface area (TPSA) is 59.6 Å². The molecule has 3 saturated heterocycles. The van der Waals surface area contributed by atoms with Gasteiger partial charge in [0.15, 0.2) is 0 Å². The summed E-state index contributed by atoms with van der Waals surface area (Å²) in [6, 6.07) is 11.1. The standard InChI is InChI=1S/C21H33N5O.ClH/c27-21(20-18-16-22-10-9-19(18)23-24-20)26-13-5-12-25(14-15-26)11-4-8-17-6-2-1-3-7-17;/h1-3,6-7,18-20,22-24H,4-5,8-16H2;1H. The summed E-state index contributed by atoms with van der Waals surface area (Å²) in [6.45, 7) is 6.92. The van der Waals surface area contributed by atoms with Gasteiger partial charge in [-0.2, -0.15) is 0 Å². The van der Waals surface area contributed by atoms with E-state index in [0.29, 0.717) is 12.0 Å². The molecule has 3 aliphatic rings. The Labute approximate surface area is 174 Å². The molecule has 28 heavy (non-hydrogen) atoms. The summed E-state index contributed by atoms with van der Waals surface area (Å²) in [4.78, 5) is 17.7. The van der Waals surface area contributed by atoms with Gasteiger partial charge in [0.1, 0.15) is 6.04 Å². The van der Waals surface area contributed by atoms with Crippen molar-refractivity contribution in [3.63, 3.8) is 0 Å². The number of hydrogen-bond donors (Lipinski definition) is 3. The maximum absolute atomic E-state index is 13.1. The predicted octanol–water partition coefficient (Wildman–Crippen LogP) is 1.03. The number of carbonyl (C=O) groups is 1. The van der Waals surface area contributed by atoms with E-state index in [1.807, 2.05) is 0 Å². The highest BCUT2D eigenvalue weighted by Crippen LogP contribution is 2.22. The largest absolute Gasteiger partial charge is 0.340 e. The number of piperidine rings is 1. The molecule has 0 spiro atoms. The number of hydrazine groups is 1. The Bertz CT molecular complexity index is 616. The molecule has 3 atom stereocenters. The fraction of sp³-hybridized carbons (Fsp3) is 0.667. The third kappa shape index (κ3) is 5.24. The molecular formula is C21H34ClN5O. The number of nitrogens with zero attached hydrogens (tertiary/aromatic N) is 2. The van der Waals surface area contributed by atoms with Crippen LogP contribution in [0.3, 0.4) is 0 Å². The fourth-order valence-corrected chi connectivity index (χ4v) is 4.72. The highest BCUT2D eigenvalue weighted by atomic mass is 35.5. The van der Waals surface area contributed by atoms with Crippen LogP contribution in [-0.2, 0) is 11.2 Å². The van der Waals surface area contributed by atoms with Gasteiger partial charge in [-0.15, -0.1) is 12.4 Å². The SMILES string of the molecule is Cl.O=C(C1NNC2CCNCC21)N1CCCN(CCCc2ccccc2)CC1. The van der Waals surface area contributed by atoms with Crippen LogP contribution in [0.5, 0.6) is 0 Å². The lowest BCUT2D eigenvalue weighted by Gasteiger charge is -2.30. The zero-order chi connectivity index (χ0) is 18.5. The number of benzene rings is 1. The van der Waals surface area contributed by atoms with Crippen molar-refractivity contribution in [2.75, 3.05) is 45.8 Å². The molecule has 3 heterocycles. The lowest BCUT2D eigenvalue weighted by molar-refractivity contribution is -0.134. The van der Waals surface area contributed by atoms with Gasteiger partial charge in [-0.05, 0) is 50.9 Å². The highest BCUT2D eigenvalue weighted by molar-refractivity contribution is 5.85. The third-order valence-corrected chi connectivity index (χ3v) is 6.33. The smallest absolute Gasteiger partial charge is 0.241 e. The first kappa shape index (κ1) is 21.5. The van der Waals surface area contributed by atoms with Crippen molar-refractivity contribution >= 4 is 18.3 Å². The minimum atomic E-state index is -0.0765. The van der Waals surface area contributed by atoms with Crippen LogP contribution in [0.15, 0.2) is 30.3 Å². The van der Waals surface area contributed by atoms with Gasteiger partial charge < -0.3 is 15.1 Å². The van der Waals surface area contributed by atoms with E-state index in [1.165, 1.54) is 12.0 Å². The number of carbonyl (C=O) groups excluding carboxylic acids is 1. The van der Waals surface area contributed by atoms with Crippen LogP contribution in [0.4, 0.5) is 0 Å². The summed E-state index contributed by atoms with van der Waals surface area (Å²) in [5.74, 6) is 0.654. The number of hydrogen-bond acceptors (Lipinski definition) is 5. The van der Waals surface area contributed by atoms with Crippen molar-refractivity contribution in [2.24, 2.45) is 5.92 Å². The third-order valence-electron chi connectivity index (χ3n) is 6.33. The Kier molecular flexibility index (Phi) is 8.11. The predicted molar refractivity (Wildman–Crippen MR) is 114 cm³/mol. The van der Waals surface area contributed by atoms with Gasteiger partial charge in [-0.1, -0.05) is 30.3 Å². The zero-order valence-corrected chi connectivity index (χ0v) is 17.4. The van der Waals surface area contributed by atoms with Crippen LogP contribution in [0.1, 0.15) is 24.8 Å². The van der Waals surface area contributed by atoms with Crippen molar-refractivity contribution in [2.45, 2.75) is 37.8 Å². The Hall–Kier alpha value is -1.18. The molecule has 1 amide bonds. The average Bonchev–Trinajstić information content (AvgIpc) is 3.00. The summed E-state index contributed by atoms with van der Waals surface area (Å²) in [6.07, 6.45) is 4.48. The average molecular weight is 408 g/mol. The molecule has 0 bridgehead atoms. The quantitative estimate of drug-likeness (QED) is 0.680. The molecule has 4 rings (SSSR count). The van der Waals surface area contributed by atoms with Crippen molar-refractivity contribution in [3.05, 3.63) is 35.9 Å². The highest BCUT2D eigenvalue weighted by Gasteiger charge is 2.42. The van der Waals surface area contributed by atoms with E-state index >= 15 is 0 Å². The Morgan fingerprint density at radius 2 is 1.93 bits per heavy atom. The molecule has 1 aromatic carbocycles. The van der Waals surface area contributed by atoms with Gasteiger partial charge >= 0.3 is 0 Å². The summed E-state index contributed by atoms with van der Waals surface area (Å²) >= 11 is 0. The number of rotatable bonds is 5. The van der Waals surface area contributed by atoms with Gasteiger partial charge in [0, 0.05) is 38.1 Å². The van der Waals surface area contributed by atoms with Gasteiger partial charge in [0.05, 0.1) is 0 Å². The molecule has 6 nitrogen and oxygen atoms in total. The van der Waals surface area contributed by atoms with Crippen molar-refractivity contribution < 1.29 is 4.79 Å². The molecule has 1 aromatic rings. The summed E-state index contributed by atoms with van der Waals surface area (Å²) in [5, 5.41) is 3.44. The molecule has 3 unspecified atom stereocenters. The minimum Gasteiger partial charge on any atom is -0.340 e. The second-order valence-electron chi connectivity index (χ2n) is 8.14. The molecule has 156 valence electrons. The van der Waals surface area contributed by atoms with E-state index in [9.17, 15) is 4.79 Å². The van der Waals surface area contributed by atoms with Crippen LogP contribution in [-0.4, -0.2) is 73.6 Å². The Balaban J connectivity index is 0.00000225. The second kappa shape index (κ2) is 10.6. The Morgan fingerprint density at radius 3 is 2.79 bits per heavy atom. The molecule has 3 aliphatic heterocycles. The first-order chi connectivity index (χ1) is 13.3. The van der Waals surface area contributed by atoms with E-state index in [4.69, 9.17) is 0 Å². The van der Waals surface area contributed by atoms with E-state index < -0.39 is 0 Å². The molecule has 3 N–H and O–H groups in total. The van der Waals surface area contributed by atoms with Crippen LogP contribution < -0.4 is 16.2 Å². The minimum absolute atomic E-state index is 0. The molecule has 3 fully saturated rings. The lowest BCUT2D eigenvalue weighted by atomic mass is 9.89. The number of nitrogens with one attached hydrogen (secondary N) is 3. The fourth-order valence-electron chi connectivity index (χ4n) is 4.72. The van der Waals surface area contributed by atoms with Gasteiger partial charge in [-0.3, -0.25) is 10.2 Å². The normalized spacial score (nSPS) is 28.3. The summed E-state index contributed by atoms with van der Waals surface area (Å²) < 4.78 is 0. The molecule has 0 radical (unpaired) electrons. The van der Waals surface area contributed by atoms with E-state index in [2.05, 4.69) is 56.3 Å². The first-order valence-electron chi connectivity index (χ1n) is 10.6. The van der Waals surface area contributed by atoms with Crippen molar-refractivity contribution in [3.8, 4) is 0 Å². The molecule has 0 aromatic heterocycles. The Morgan fingerprint density at radius 1 is 1.07 bits per heavy atom. The first-order valence-corrected chi connectivity index (χ1v) is 10.6. The molecular weight excluding hydrogens is 374 g/mol. The van der Waals surface area contributed by atoms with Crippen molar-refractivity contribution in [1.82, 2.24) is 26.0 Å².